The number of hydrogen-bond donors (Lipinski definition) is 0. The van der Waals surface area contributed by atoms with Gasteiger partial charge in [0, 0.05) is 24.3 Å². The maximum Gasteiger partial charge on any atom is 0.269 e. The van der Waals surface area contributed by atoms with E-state index in [1.165, 1.54) is 17.3 Å². The van der Waals surface area contributed by atoms with Crippen molar-refractivity contribution in [3.05, 3.63) is 108 Å². The molecular formula is C31H27N3O2S. The summed E-state index contributed by atoms with van der Waals surface area (Å²) >= 11 is 1.45. The van der Waals surface area contributed by atoms with E-state index >= 15 is 0 Å². The number of carbonyl (C=O) groups is 2. The lowest BCUT2D eigenvalue weighted by atomic mass is 9.99. The van der Waals surface area contributed by atoms with Crippen molar-refractivity contribution in [2.45, 2.75) is 17.2 Å². The van der Waals surface area contributed by atoms with E-state index in [1.807, 2.05) is 65.6 Å². The van der Waals surface area contributed by atoms with Crippen LogP contribution in [0.4, 0.5) is 11.4 Å². The van der Waals surface area contributed by atoms with Crippen molar-refractivity contribution in [3.8, 4) is 0 Å². The van der Waals surface area contributed by atoms with Crippen molar-refractivity contribution in [2.75, 3.05) is 35.3 Å². The molecule has 0 saturated carbocycles. The monoisotopic (exact) mass is 505 g/mol. The first kappa shape index (κ1) is 22.6. The lowest BCUT2D eigenvalue weighted by Gasteiger charge is -2.34. The molecule has 5 nitrogen and oxygen atoms in total. The smallest absolute Gasteiger partial charge is 0.269 e. The number of anilines is 2. The average molecular weight is 506 g/mol. The second kappa shape index (κ2) is 8.75. The summed E-state index contributed by atoms with van der Waals surface area (Å²) in [5.41, 5.74) is 3.93. The van der Waals surface area contributed by atoms with Gasteiger partial charge in [0.2, 0.25) is 10.8 Å². The zero-order valence-corrected chi connectivity index (χ0v) is 21.2. The number of carbonyl (C=O) groups excluding carboxylic acids is 2. The van der Waals surface area contributed by atoms with E-state index in [-0.39, 0.29) is 17.6 Å². The van der Waals surface area contributed by atoms with Crippen LogP contribution < -0.4 is 9.80 Å². The summed E-state index contributed by atoms with van der Waals surface area (Å²) in [6.07, 6.45) is 1.08. The van der Waals surface area contributed by atoms with Crippen LogP contribution in [0.2, 0.25) is 0 Å². The van der Waals surface area contributed by atoms with Gasteiger partial charge in [0.05, 0.1) is 18.1 Å². The highest BCUT2D eigenvalue weighted by atomic mass is 32.2. The molecule has 0 N–H and O–H groups in total. The number of amides is 2. The number of thioether (sulfide) groups is 1. The predicted molar refractivity (Wildman–Crippen MR) is 150 cm³/mol. The highest BCUT2D eigenvalue weighted by Gasteiger charge is 2.61. The van der Waals surface area contributed by atoms with Gasteiger partial charge in [-0.1, -0.05) is 78.9 Å². The van der Waals surface area contributed by atoms with Crippen LogP contribution in [0.5, 0.6) is 0 Å². The van der Waals surface area contributed by atoms with Crippen LogP contribution in [0.15, 0.2) is 97.1 Å². The molecule has 0 aromatic heterocycles. The van der Waals surface area contributed by atoms with E-state index in [0.29, 0.717) is 12.6 Å². The van der Waals surface area contributed by atoms with Gasteiger partial charge in [-0.25, -0.2) is 0 Å². The molecule has 7 rings (SSSR count). The molecule has 184 valence electrons. The summed E-state index contributed by atoms with van der Waals surface area (Å²) in [7, 11) is 0. The fourth-order valence-corrected chi connectivity index (χ4v) is 7.53. The van der Waals surface area contributed by atoms with Crippen molar-refractivity contribution in [1.82, 2.24) is 4.90 Å². The van der Waals surface area contributed by atoms with E-state index in [9.17, 15) is 9.59 Å². The standard InChI is InChI=1S/C31H27N3O2S/c35-29-20-37-31(34(29)26-15-14-23-10-4-5-11-24(23)18-26)27-12-6-7-13-28(27)33(30(31)36)21-32-17-16-25(19-32)22-8-2-1-3-9-22/h1-15,18,25H,16-17,19-21H2. The molecule has 4 aromatic rings. The minimum atomic E-state index is -1.07. The molecule has 2 amide bonds. The van der Waals surface area contributed by atoms with Gasteiger partial charge in [-0.2, -0.15) is 0 Å². The van der Waals surface area contributed by atoms with Crippen molar-refractivity contribution < 1.29 is 9.59 Å². The van der Waals surface area contributed by atoms with Crippen molar-refractivity contribution in [1.29, 1.82) is 0 Å². The Balaban J connectivity index is 1.24. The van der Waals surface area contributed by atoms with Crippen LogP contribution in [0.3, 0.4) is 0 Å². The van der Waals surface area contributed by atoms with Crippen molar-refractivity contribution in [3.63, 3.8) is 0 Å². The first-order chi connectivity index (χ1) is 18.1. The molecule has 0 aliphatic carbocycles. The van der Waals surface area contributed by atoms with Gasteiger partial charge >= 0.3 is 0 Å². The number of benzene rings is 4. The fourth-order valence-electron chi connectivity index (χ4n) is 6.17. The van der Waals surface area contributed by atoms with E-state index in [2.05, 4.69) is 41.3 Å². The zero-order chi connectivity index (χ0) is 25.0. The van der Waals surface area contributed by atoms with Gasteiger partial charge in [0.25, 0.3) is 5.91 Å². The van der Waals surface area contributed by atoms with Crippen LogP contribution in [0, 0.1) is 0 Å². The Labute approximate surface area is 220 Å². The molecule has 4 aromatic carbocycles. The Morgan fingerprint density at radius 3 is 2.46 bits per heavy atom. The maximum absolute atomic E-state index is 14.4. The predicted octanol–water partition coefficient (Wildman–Crippen LogP) is 5.57. The molecule has 6 heteroatoms. The lowest BCUT2D eigenvalue weighted by molar-refractivity contribution is -0.123. The first-order valence-corrected chi connectivity index (χ1v) is 13.8. The number of nitrogens with zero attached hydrogens (tertiary/aromatic N) is 3. The summed E-state index contributed by atoms with van der Waals surface area (Å²) < 4.78 is 0. The number of likely N-dealkylation sites (tertiary alicyclic amines) is 1. The van der Waals surface area contributed by atoms with Gasteiger partial charge in [-0.05, 0) is 46.9 Å². The van der Waals surface area contributed by atoms with E-state index in [0.717, 1.165) is 47.2 Å². The average Bonchev–Trinajstić information content (AvgIpc) is 3.62. The normalized spacial score (nSPS) is 23.5. The Hall–Kier alpha value is -3.61. The number of para-hydroxylation sites is 1. The summed E-state index contributed by atoms with van der Waals surface area (Å²) in [4.78, 5) is 32.8. The Morgan fingerprint density at radius 1 is 0.838 bits per heavy atom. The topological polar surface area (TPSA) is 43.9 Å². The van der Waals surface area contributed by atoms with Gasteiger partial charge in [-0.3, -0.25) is 24.3 Å². The quantitative estimate of drug-likeness (QED) is 0.364. The SMILES string of the molecule is O=C1CSC2(C(=O)N(CN3CCC(c4ccccc4)C3)c3ccccc32)N1c1ccc2ccccc2c1. The molecule has 2 atom stereocenters. The summed E-state index contributed by atoms with van der Waals surface area (Å²) in [6.45, 7) is 2.39. The van der Waals surface area contributed by atoms with E-state index in [4.69, 9.17) is 0 Å². The second-order valence-corrected chi connectivity index (χ2v) is 11.2. The van der Waals surface area contributed by atoms with Crippen LogP contribution in [0.1, 0.15) is 23.5 Å². The molecule has 2 unspecified atom stereocenters. The molecule has 1 spiro atoms. The van der Waals surface area contributed by atoms with Crippen molar-refractivity contribution in [2.24, 2.45) is 0 Å². The largest absolute Gasteiger partial charge is 0.295 e. The second-order valence-electron chi connectivity index (χ2n) is 10.1. The van der Waals surface area contributed by atoms with E-state index < -0.39 is 4.87 Å². The molecule has 3 heterocycles. The first-order valence-electron chi connectivity index (χ1n) is 12.8. The highest BCUT2D eigenvalue weighted by Crippen LogP contribution is 2.56. The molecule has 0 bridgehead atoms. The Morgan fingerprint density at radius 2 is 1.59 bits per heavy atom. The summed E-state index contributed by atoms with van der Waals surface area (Å²) in [5.74, 6) is 0.691. The van der Waals surface area contributed by atoms with Gasteiger partial charge < -0.3 is 0 Å². The van der Waals surface area contributed by atoms with Crippen LogP contribution in [-0.4, -0.2) is 42.2 Å². The molecule has 37 heavy (non-hydrogen) atoms. The highest BCUT2D eigenvalue weighted by molar-refractivity contribution is 8.02. The summed E-state index contributed by atoms with van der Waals surface area (Å²) in [5, 5.41) is 2.17. The molecule has 2 saturated heterocycles. The number of hydrogen-bond acceptors (Lipinski definition) is 4. The third kappa shape index (κ3) is 3.50. The van der Waals surface area contributed by atoms with Crippen molar-refractivity contribution >= 4 is 45.7 Å². The van der Waals surface area contributed by atoms with Crippen LogP contribution >= 0.6 is 11.8 Å². The van der Waals surface area contributed by atoms with Crippen LogP contribution in [0.25, 0.3) is 10.8 Å². The molecule has 3 aliphatic rings. The van der Waals surface area contributed by atoms with Gasteiger partial charge in [0.1, 0.15) is 0 Å². The summed E-state index contributed by atoms with van der Waals surface area (Å²) in [6, 6.07) is 32.8. The molecule has 0 radical (unpaired) electrons. The fraction of sp³-hybridized carbons (Fsp3) is 0.226. The van der Waals surface area contributed by atoms with Gasteiger partial charge in [0.15, 0.2) is 0 Å². The minimum Gasteiger partial charge on any atom is -0.295 e. The van der Waals surface area contributed by atoms with Gasteiger partial charge in [-0.15, -0.1) is 11.8 Å². The Bertz CT molecular complexity index is 1520. The third-order valence-corrected chi connectivity index (χ3v) is 9.33. The molecule has 2 fully saturated rings. The molecular weight excluding hydrogens is 478 g/mol. The zero-order valence-electron chi connectivity index (χ0n) is 20.4. The lowest BCUT2D eigenvalue weighted by Crippen LogP contribution is -2.51. The molecule has 3 aliphatic heterocycles. The number of rotatable bonds is 4. The Kier molecular flexibility index (Phi) is 5.34. The van der Waals surface area contributed by atoms with E-state index in [1.54, 1.807) is 4.90 Å². The number of fused-ring (bicyclic) bond motifs is 3. The maximum atomic E-state index is 14.4. The third-order valence-electron chi connectivity index (χ3n) is 7.94. The van der Waals surface area contributed by atoms with Crippen LogP contribution in [-0.2, 0) is 14.5 Å². The minimum absolute atomic E-state index is 0.0270.